The van der Waals surface area contributed by atoms with Crippen molar-refractivity contribution in [1.82, 2.24) is 5.43 Å². The van der Waals surface area contributed by atoms with Crippen molar-refractivity contribution in [3.8, 4) is 5.75 Å². The number of hydrazone groups is 1. The van der Waals surface area contributed by atoms with Crippen LogP contribution in [-0.2, 0) is 0 Å². The first-order chi connectivity index (χ1) is 10.6. The zero-order valence-corrected chi connectivity index (χ0v) is 12.9. The van der Waals surface area contributed by atoms with E-state index in [0.717, 1.165) is 10.1 Å². The molecule has 4 nitrogen and oxygen atoms in total. The fourth-order valence-corrected chi connectivity index (χ4v) is 3.39. The molecule has 3 aromatic rings. The van der Waals surface area contributed by atoms with E-state index in [0.29, 0.717) is 15.5 Å². The molecule has 0 aliphatic rings. The molecule has 1 heterocycles. The van der Waals surface area contributed by atoms with Gasteiger partial charge >= 0.3 is 0 Å². The van der Waals surface area contributed by atoms with Crippen LogP contribution in [-0.4, -0.2) is 17.2 Å². The van der Waals surface area contributed by atoms with Crippen LogP contribution >= 0.6 is 22.9 Å². The molecule has 0 saturated heterocycles. The standard InChI is InChI=1S/C16H11ClN2O2S/c17-14-12-6-1-2-7-13(12)22-15(14)16(21)19-18-9-10-4-3-5-11(20)8-10/h1-9,20H,(H,19,21)/b18-9+. The van der Waals surface area contributed by atoms with Crippen molar-refractivity contribution in [2.24, 2.45) is 5.10 Å². The molecule has 22 heavy (non-hydrogen) atoms. The molecule has 0 fully saturated rings. The van der Waals surface area contributed by atoms with Crippen LogP contribution in [0, 0.1) is 0 Å². The molecule has 110 valence electrons. The van der Waals surface area contributed by atoms with Crippen molar-refractivity contribution in [2.45, 2.75) is 0 Å². The Morgan fingerprint density at radius 2 is 2.05 bits per heavy atom. The molecule has 0 bridgehead atoms. The summed E-state index contributed by atoms with van der Waals surface area (Å²) in [6.45, 7) is 0. The number of nitrogens with one attached hydrogen (secondary N) is 1. The van der Waals surface area contributed by atoms with Crippen LogP contribution < -0.4 is 5.43 Å². The molecular weight excluding hydrogens is 320 g/mol. The SMILES string of the molecule is O=C(N/N=C/c1cccc(O)c1)c1sc2ccccc2c1Cl. The highest BCUT2D eigenvalue weighted by atomic mass is 35.5. The van der Waals surface area contributed by atoms with Gasteiger partial charge in [-0.25, -0.2) is 5.43 Å². The summed E-state index contributed by atoms with van der Waals surface area (Å²) < 4.78 is 0.953. The second-order valence-electron chi connectivity index (χ2n) is 4.54. The molecule has 6 heteroatoms. The second kappa shape index (κ2) is 6.17. The smallest absolute Gasteiger partial charge is 0.283 e. The monoisotopic (exact) mass is 330 g/mol. The maximum absolute atomic E-state index is 12.1. The third-order valence-corrected chi connectivity index (χ3v) is 4.67. The fourth-order valence-electron chi connectivity index (χ4n) is 1.98. The number of amides is 1. The Morgan fingerprint density at radius 1 is 1.23 bits per heavy atom. The summed E-state index contributed by atoms with van der Waals surface area (Å²) >= 11 is 7.56. The van der Waals surface area contributed by atoms with Gasteiger partial charge in [0.25, 0.3) is 5.91 Å². The van der Waals surface area contributed by atoms with Crippen LogP contribution in [0.1, 0.15) is 15.2 Å². The van der Waals surface area contributed by atoms with Crippen LogP contribution in [0.3, 0.4) is 0 Å². The molecule has 3 rings (SSSR count). The highest BCUT2D eigenvalue weighted by Crippen LogP contribution is 2.34. The predicted octanol–water partition coefficient (Wildman–Crippen LogP) is 4.02. The second-order valence-corrected chi connectivity index (χ2v) is 5.97. The summed E-state index contributed by atoms with van der Waals surface area (Å²) in [5, 5.41) is 14.5. The number of thiophene rings is 1. The lowest BCUT2D eigenvalue weighted by atomic mass is 10.2. The van der Waals surface area contributed by atoms with Crippen LogP contribution in [0.5, 0.6) is 5.75 Å². The largest absolute Gasteiger partial charge is 0.508 e. The van der Waals surface area contributed by atoms with Crippen LogP contribution in [0.25, 0.3) is 10.1 Å². The van der Waals surface area contributed by atoms with Crippen LogP contribution in [0.15, 0.2) is 53.6 Å². The Labute approximate surface area is 135 Å². The first-order valence-corrected chi connectivity index (χ1v) is 7.64. The van der Waals surface area contributed by atoms with Gasteiger partial charge in [0, 0.05) is 10.1 Å². The van der Waals surface area contributed by atoms with Gasteiger partial charge in [0.2, 0.25) is 0 Å². The fraction of sp³-hybridized carbons (Fsp3) is 0. The van der Waals surface area contributed by atoms with E-state index in [4.69, 9.17) is 11.6 Å². The molecule has 2 aromatic carbocycles. The highest BCUT2D eigenvalue weighted by molar-refractivity contribution is 7.21. The molecule has 0 radical (unpaired) electrons. The quantitative estimate of drug-likeness (QED) is 0.562. The zero-order chi connectivity index (χ0) is 15.5. The van der Waals surface area contributed by atoms with Crippen molar-refractivity contribution in [2.75, 3.05) is 0 Å². The average molecular weight is 331 g/mol. The minimum absolute atomic E-state index is 0.142. The Kier molecular flexibility index (Phi) is 4.09. The summed E-state index contributed by atoms with van der Waals surface area (Å²) in [4.78, 5) is 12.6. The van der Waals surface area contributed by atoms with E-state index in [1.54, 1.807) is 24.3 Å². The average Bonchev–Trinajstić information content (AvgIpc) is 2.85. The number of hydrogen-bond acceptors (Lipinski definition) is 4. The van der Waals surface area contributed by atoms with E-state index in [2.05, 4.69) is 10.5 Å². The lowest BCUT2D eigenvalue weighted by molar-refractivity contribution is 0.0959. The third-order valence-electron chi connectivity index (χ3n) is 2.99. The lowest BCUT2D eigenvalue weighted by Gasteiger charge is -1.98. The number of carbonyl (C=O) groups excluding carboxylic acids is 1. The number of phenols is 1. The number of rotatable bonds is 3. The molecule has 0 aliphatic heterocycles. The topological polar surface area (TPSA) is 61.7 Å². The first kappa shape index (κ1) is 14.6. The summed E-state index contributed by atoms with van der Waals surface area (Å²) in [5.41, 5.74) is 3.13. The maximum atomic E-state index is 12.1. The van der Waals surface area contributed by atoms with Crippen LogP contribution in [0.2, 0.25) is 5.02 Å². The van der Waals surface area contributed by atoms with Crippen LogP contribution in [0.4, 0.5) is 0 Å². The number of carbonyl (C=O) groups is 1. The van der Waals surface area contributed by atoms with Crippen molar-refractivity contribution in [3.05, 3.63) is 64.0 Å². The normalized spacial score (nSPS) is 11.1. The van der Waals surface area contributed by atoms with Gasteiger partial charge in [0.05, 0.1) is 11.2 Å². The van der Waals surface area contributed by atoms with E-state index in [1.165, 1.54) is 17.6 Å². The van der Waals surface area contributed by atoms with Gasteiger partial charge in [0.15, 0.2) is 0 Å². The summed E-state index contributed by atoms with van der Waals surface area (Å²) in [5.74, 6) is -0.217. The molecular formula is C16H11ClN2O2S. The molecule has 0 aliphatic carbocycles. The van der Waals surface area contributed by atoms with Gasteiger partial charge in [-0.05, 0) is 23.8 Å². The molecule has 1 aromatic heterocycles. The minimum atomic E-state index is -0.359. The summed E-state index contributed by atoms with van der Waals surface area (Å²) in [6, 6.07) is 14.1. The number of phenolic OH excluding ortho intramolecular Hbond substituents is 1. The molecule has 0 spiro atoms. The summed E-state index contributed by atoms with van der Waals surface area (Å²) in [7, 11) is 0. The number of benzene rings is 2. The number of halogens is 1. The lowest BCUT2D eigenvalue weighted by Crippen LogP contribution is -2.16. The molecule has 0 saturated carbocycles. The van der Waals surface area contributed by atoms with Gasteiger partial charge in [-0.3, -0.25) is 4.79 Å². The number of aromatic hydroxyl groups is 1. The van der Waals surface area contributed by atoms with Crippen molar-refractivity contribution in [3.63, 3.8) is 0 Å². The van der Waals surface area contributed by atoms with E-state index in [-0.39, 0.29) is 11.7 Å². The van der Waals surface area contributed by atoms with Gasteiger partial charge < -0.3 is 5.11 Å². The van der Waals surface area contributed by atoms with Crippen molar-refractivity contribution < 1.29 is 9.90 Å². The summed E-state index contributed by atoms with van der Waals surface area (Å²) in [6.07, 6.45) is 1.46. The van der Waals surface area contributed by atoms with E-state index >= 15 is 0 Å². The molecule has 0 unspecified atom stereocenters. The van der Waals surface area contributed by atoms with Gasteiger partial charge in [-0.15, -0.1) is 11.3 Å². The highest BCUT2D eigenvalue weighted by Gasteiger charge is 2.16. The number of hydrogen-bond donors (Lipinski definition) is 2. The number of fused-ring (bicyclic) bond motifs is 1. The number of nitrogens with zero attached hydrogens (tertiary/aromatic N) is 1. The van der Waals surface area contributed by atoms with Gasteiger partial charge in [-0.1, -0.05) is 41.9 Å². The van der Waals surface area contributed by atoms with E-state index < -0.39 is 0 Å². The Balaban J connectivity index is 1.77. The minimum Gasteiger partial charge on any atom is -0.508 e. The van der Waals surface area contributed by atoms with Gasteiger partial charge in [-0.2, -0.15) is 5.10 Å². The zero-order valence-electron chi connectivity index (χ0n) is 11.3. The Hall–Kier alpha value is -2.37. The van der Waals surface area contributed by atoms with Crippen molar-refractivity contribution >= 4 is 45.1 Å². The predicted molar refractivity (Wildman–Crippen MR) is 90.0 cm³/mol. The van der Waals surface area contributed by atoms with E-state index in [9.17, 15) is 9.90 Å². The third kappa shape index (κ3) is 2.95. The molecule has 0 atom stereocenters. The molecule has 2 N–H and O–H groups in total. The van der Waals surface area contributed by atoms with Gasteiger partial charge in [0.1, 0.15) is 10.6 Å². The van der Waals surface area contributed by atoms with Crippen molar-refractivity contribution in [1.29, 1.82) is 0 Å². The maximum Gasteiger partial charge on any atom is 0.283 e. The first-order valence-electron chi connectivity index (χ1n) is 6.44. The van der Waals surface area contributed by atoms with E-state index in [1.807, 2.05) is 24.3 Å². The molecule has 1 amide bonds. The Bertz CT molecular complexity index is 873. The Morgan fingerprint density at radius 3 is 2.82 bits per heavy atom.